The van der Waals surface area contributed by atoms with Crippen molar-refractivity contribution in [2.24, 2.45) is 0 Å². The molecule has 1 rings (SSSR count). The Morgan fingerprint density at radius 2 is 2.25 bits per heavy atom. The lowest BCUT2D eigenvalue weighted by Crippen LogP contribution is -2.08. The third-order valence-electron chi connectivity index (χ3n) is 1.83. The normalized spacial score (nSPS) is 11.2. The van der Waals surface area contributed by atoms with E-state index in [1.54, 1.807) is 18.2 Å². The molecule has 0 aromatic carbocycles. The number of halogens is 1. The van der Waals surface area contributed by atoms with Crippen molar-refractivity contribution in [3.05, 3.63) is 47.3 Å². The molecule has 0 saturated heterocycles. The van der Waals surface area contributed by atoms with Crippen LogP contribution in [0.1, 0.15) is 12.5 Å². The molecule has 1 heterocycles. The van der Waals surface area contributed by atoms with Gasteiger partial charge in [-0.2, -0.15) is 0 Å². The third kappa shape index (κ3) is 3.87. The monoisotopic (exact) mass is 236 g/mol. The van der Waals surface area contributed by atoms with Crippen LogP contribution in [-0.4, -0.2) is 10.9 Å². The van der Waals surface area contributed by atoms with Crippen LogP contribution >= 0.6 is 11.6 Å². The molecule has 0 aliphatic rings. The van der Waals surface area contributed by atoms with E-state index in [0.29, 0.717) is 10.8 Å². The van der Waals surface area contributed by atoms with Gasteiger partial charge in [0, 0.05) is 6.08 Å². The maximum absolute atomic E-state index is 11.4. The van der Waals surface area contributed by atoms with Crippen LogP contribution in [0.2, 0.25) is 5.15 Å². The second-order valence-electron chi connectivity index (χ2n) is 3.21. The molecule has 1 N–H and O–H groups in total. The maximum atomic E-state index is 11.4. The molecule has 16 heavy (non-hydrogen) atoms. The zero-order chi connectivity index (χ0) is 12.0. The number of carbonyl (C=O) groups excluding carboxylic acids is 1. The van der Waals surface area contributed by atoms with Gasteiger partial charge in [-0.1, -0.05) is 29.8 Å². The fourth-order valence-electron chi connectivity index (χ4n) is 1.06. The summed E-state index contributed by atoms with van der Waals surface area (Å²) in [5.41, 5.74) is 1.47. The molecule has 0 bridgehead atoms. The van der Waals surface area contributed by atoms with Crippen LogP contribution in [0.4, 0.5) is 5.69 Å². The number of aromatic nitrogens is 1. The van der Waals surface area contributed by atoms with Crippen LogP contribution in [0, 0.1) is 6.92 Å². The van der Waals surface area contributed by atoms with Crippen molar-refractivity contribution in [1.82, 2.24) is 4.98 Å². The smallest absolute Gasteiger partial charge is 0.248 e. The Labute approximate surface area is 99.8 Å². The quantitative estimate of drug-likeness (QED) is 0.498. The Hall–Kier alpha value is -1.61. The first-order valence-electron chi connectivity index (χ1n) is 4.86. The van der Waals surface area contributed by atoms with Crippen LogP contribution in [0.15, 0.2) is 36.6 Å². The molecule has 0 fully saturated rings. The van der Waals surface area contributed by atoms with Gasteiger partial charge >= 0.3 is 0 Å². The summed E-state index contributed by atoms with van der Waals surface area (Å²) in [7, 11) is 0. The summed E-state index contributed by atoms with van der Waals surface area (Å²) in [4.78, 5) is 15.3. The van der Waals surface area contributed by atoms with E-state index in [0.717, 1.165) is 5.56 Å². The van der Waals surface area contributed by atoms with Crippen LogP contribution < -0.4 is 5.32 Å². The minimum atomic E-state index is -0.193. The largest absolute Gasteiger partial charge is 0.321 e. The zero-order valence-electron chi connectivity index (χ0n) is 9.20. The van der Waals surface area contributed by atoms with Gasteiger partial charge < -0.3 is 5.32 Å². The highest BCUT2D eigenvalue weighted by atomic mass is 35.5. The van der Waals surface area contributed by atoms with Gasteiger partial charge in [-0.3, -0.25) is 4.79 Å². The predicted octanol–water partition coefficient (Wildman–Crippen LogP) is 3.11. The standard InChI is InChI=1S/C12H13ClN2O/c1-3-4-5-6-11(16)15-10-7-9(2)12(13)14-8-10/h3-8H,1-2H3,(H,15,16). The van der Waals surface area contributed by atoms with E-state index < -0.39 is 0 Å². The lowest BCUT2D eigenvalue weighted by molar-refractivity contribution is -0.111. The first-order valence-corrected chi connectivity index (χ1v) is 5.23. The minimum Gasteiger partial charge on any atom is -0.321 e. The van der Waals surface area contributed by atoms with Gasteiger partial charge in [-0.15, -0.1) is 0 Å². The van der Waals surface area contributed by atoms with E-state index in [4.69, 9.17) is 11.6 Å². The number of hydrogen-bond donors (Lipinski definition) is 1. The first kappa shape index (κ1) is 12.5. The number of pyridine rings is 1. The van der Waals surface area contributed by atoms with E-state index in [2.05, 4.69) is 10.3 Å². The highest BCUT2D eigenvalue weighted by molar-refractivity contribution is 6.30. The molecule has 4 heteroatoms. The summed E-state index contributed by atoms with van der Waals surface area (Å²) in [6.07, 6.45) is 8.27. The molecule has 0 unspecified atom stereocenters. The highest BCUT2D eigenvalue weighted by Crippen LogP contribution is 2.15. The summed E-state index contributed by atoms with van der Waals surface area (Å²) in [6, 6.07) is 1.77. The molecule has 0 saturated carbocycles. The second kappa shape index (κ2) is 6.08. The SMILES string of the molecule is CC=CC=CC(=O)Nc1cnc(Cl)c(C)c1. The first-order chi connectivity index (χ1) is 7.63. The Kier molecular flexibility index (Phi) is 4.73. The molecule has 0 atom stereocenters. The maximum Gasteiger partial charge on any atom is 0.248 e. The minimum absolute atomic E-state index is 0.193. The van der Waals surface area contributed by atoms with Gasteiger partial charge in [-0.25, -0.2) is 4.98 Å². The van der Waals surface area contributed by atoms with Crippen molar-refractivity contribution < 1.29 is 4.79 Å². The van der Waals surface area contributed by atoms with E-state index in [1.165, 1.54) is 12.3 Å². The molecule has 84 valence electrons. The van der Waals surface area contributed by atoms with E-state index >= 15 is 0 Å². The topological polar surface area (TPSA) is 42.0 Å². The molecule has 0 aliphatic carbocycles. The third-order valence-corrected chi connectivity index (χ3v) is 2.23. The molecular weight excluding hydrogens is 224 g/mol. The fourth-order valence-corrected chi connectivity index (χ4v) is 1.17. The molecule has 3 nitrogen and oxygen atoms in total. The van der Waals surface area contributed by atoms with Gasteiger partial charge in [0.25, 0.3) is 0 Å². The summed E-state index contributed by atoms with van der Waals surface area (Å²) in [6.45, 7) is 3.72. The highest BCUT2D eigenvalue weighted by Gasteiger charge is 2.00. The van der Waals surface area contributed by atoms with Crippen LogP contribution in [0.5, 0.6) is 0 Å². The van der Waals surface area contributed by atoms with E-state index in [1.807, 2.05) is 19.9 Å². The predicted molar refractivity (Wildman–Crippen MR) is 66.6 cm³/mol. The van der Waals surface area contributed by atoms with Gasteiger partial charge in [-0.05, 0) is 25.5 Å². The molecule has 0 aliphatic heterocycles. The number of nitrogens with zero attached hydrogens (tertiary/aromatic N) is 1. The number of anilines is 1. The lowest BCUT2D eigenvalue weighted by atomic mass is 10.3. The Morgan fingerprint density at radius 3 is 2.88 bits per heavy atom. The molecule has 1 amide bonds. The molecule has 0 spiro atoms. The molecule has 1 aromatic heterocycles. The fraction of sp³-hybridized carbons (Fsp3) is 0.167. The number of hydrogen-bond acceptors (Lipinski definition) is 2. The summed E-state index contributed by atoms with van der Waals surface area (Å²) in [5, 5.41) is 3.13. The Balaban J connectivity index is 2.66. The summed E-state index contributed by atoms with van der Waals surface area (Å²) >= 11 is 5.77. The van der Waals surface area contributed by atoms with Crippen LogP contribution in [0.25, 0.3) is 0 Å². The van der Waals surface area contributed by atoms with Crippen LogP contribution in [0.3, 0.4) is 0 Å². The van der Waals surface area contributed by atoms with Crippen molar-refractivity contribution in [3.8, 4) is 0 Å². The van der Waals surface area contributed by atoms with E-state index in [-0.39, 0.29) is 5.91 Å². The zero-order valence-corrected chi connectivity index (χ0v) is 9.95. The molecular formula is C12H13ClN2O. The van der Waals surface area contributed by atoms with Gasteiger partial charge in [0.1, 0.15) is 5.15 Å². The number of rotatable bonds is 3. The second-order valence-corrected chi connectivity index (χ2v) is 3.56. The number of carbonyl (C=O) groups is 1. The average Bonchev–Trinajstić information content (AvgIpc) is 2.24. The van der Waals surface area contributed by atoms with Crippen molar-refractivity contribution in [3.63, 3.8) is 0 Å². The van der Waals surface area contributed by atoms with Crippen molar-refractivity contribution in [2.45, 2.75) is 13.8 Å². The number of amides is 1. The van der Waals surface area contributed by atoms with Crippen molar-refractivity contribution >= 4 is 23.2 Å². The summed E-state index contributed by atoms with van der Waals surface area (Å²) in [5.74, 6) is -0.193. The molecule has 1 aromatic rings. The Morgan fingerprint density at radius 1 is 1.50 bits per heavy atom. The molecule has 0 radical (unpaired) electrons. The lowest BCUT2D eigenvalue weighted by Gasteiger charge is -2.03. The van der Waals surface area contributed by atoms with Gasteiger partial charge in [0.15, 0.2) is 0 Å². The van der Waals surface area contributed by atoms with Gasteiger partial charge in [0.05, 0.1) is 11.9 Å². The number of nitrogens with one attached hydrogen (secondary N) is 1. The number of aryl methyl sites for hydroxylation is 1. The van der Waals surface area contributed by atoms with Crippen molar-refractivity contribution in [1.29, 1.82) is 0 Å². The van der Waals surface area contributed by atoms with Crippen LogP contribution in [-0.2, 0) is 4.79 Å². The van der Waals surface area contributed by atoms with Gasteiger partial charge in [0.2, 0.25) is 5.91 Å². The Bertz CT molecular complexity index is 439. The average molecular weight is 237 g/mol. The van der Waals surface area contributed by atoms with E-state index in [9.17, 15) is 4.79 Å². The van der Waals surface area contributed by atoms with Crippen molar-refractivity contribution in [2.75, 3.05) is 5.32 Å². The summed E-state index contributed by atoms with van der Waals surface area (Å²) < 4.78 is 0. The number of allylic oxidation sites excluding steroid dienone is 3.